The summed E-state index contributed by atoms with van der Waals surface area (Å²) in [5, 5.41) is 0. The predicted molar refractivity (Wildman–Crippen MR) is 107 cm³/mol. The number of unbranched alkanes of at least 4 members (excludes halogenated alkanes) is 1. The van der Waals surface area contributed by atoms with Crippen molar-refractivity contribution in [3.63, 3.8) is 0 Å². The molecule has 136 valence electrons. The van der Waals surface area contributed by atoms with Crippen molar-refractivity contribution in [1.29, 1.82) is 0 Å². The molecule has 0 bridgehead atoms. The molecule has 0 radical (unpaired) electrons. The lowest BCUT2D eigenvalue weighted by Crippen LogP contribution is -2.05. The summed E-state index contributed by atoms with van der Waals surface area (Å²) in [6.45, 7) is 11.0. The minimum atomic E-state index is 0.247. The zero-order valence-electron chi connectivity index (χ0n) is 15.9. The summed E-state index contributed by atoms with van der Waals surface area (Å²) in [5.74, 6) is 0.812. The molecule has 1 aromatic heterocycles. The minimum absolute atomic E-state index is 0.247. The summed E-state index contributed by atoms with van der Waals surface area (Å²) in [6.07, 6.45) is 16.4. The van der Waals surface area contributed by atoms with Crippen molar-refractivity contribution >= 4 is 6.21 Å². The summed E-state index contributed by atoms with van der Waals surface area (Å²) in [4.78, 5) is 8.91. The van der Waals surface area contributed by atoms with Gasteiger partial charge >= 0.3 is 0 Å². The molecule has 1 aromatic rings. The van der Waals surface area contributed by atoms with E-state index in [2.05, 4.69) is 49.2 Å². The Morgan fingerprint density at radius 1 is 1.36 bits per heavy atom. The van der Waals surface area contributed by atoms with E-state index in [1.54, 1.807) is 0 Å². The molecule has 25 heavy (non-hydrogen) atoms. The smallest absolute Gasteiger partial charge is 0.122 e. The van der Waals surface area contributed by atoms with Gasteiger partial charge in [0.1, 0.15) is 5.82 Å². The first-order valence-electron chi connectivity index (χ1n) is 9.43. The van der Waals surface area contributed by atoms with Crippen molar-refractivity contribution in [2.45, 2.75) is 71.3 Å². The van der Waals surface area contributed by atoms with Gasteiger partial charge in [-0.25, -0.2) is 9.98 Å². The van der Waals surface area contributed by atoms with Crippen molar-refractivity contribution in [3.05, 3.63) is 53.9 Å². The third-order valence-electron chi connectivity index (χ3n) is 4.96. The minimum Gasteiger partial charge on any atom is -0.384 e. The highest BCUT2D eigenvalue weighted by molar-refractivity contribution is 5.64. The molecule has 2 rings (SSSR count). The van der Waals surface area contributed by atoms with Gasteiger partial charge in [-0.15, -0.1) is 0 Å². The van der Waals surface area contributed by atoms with Crippen LogP contribution in [0.1, 0.15) is 76.9 Å². The molecule has 0 amide bonds. The molecule has 2 heterocycles. The second-order valence-corrected chi connectivity index (χ2v) is 6.94. The first-order chi connectivity index (χ1) is 12.0. The molecule has 1 aliphatic heterocycles. The maximum absolute atomic E-state index is 5.79. The SMILES string of the molecule is C=C(CC)C(CC1=CC=C(N)N=CC1)c1cn(C(C)CCCC)cn1. The largest absolute Gasteiger partial charge is 0.384 e. The van der Waals surface area contributed by atoms with Gasteiger partial charge < -0.3 is 10.3 Å². The van der Waals surface area contributed by atoms with Crippen LogP contribution in [0.3, 0.4) is 0 Å². The zero-order valence-corrected chi connectivity index (χ0v) is 15.9. The van der Waals surface area contributed by atoms with Gasteiger partial charge in [-0.05, 0) is 32.3 Å². The average Bonchev–Trinajstić information content (AvgIpc) is 3.01. The van der Waals surface area contributed by atoms with Gasteiger partial charge in [0.2, 0.25) is 0 Å². The summed E-state index contributed by atoms with van der Waals surface area (Å²) in [6, 6.07) is 0.490. The van der Waals surface area contributed by atoms with Crippen molar-refractivity contribution in [2.24, 2.45) is 10.7 Å². The van der Waals surface area contributed by atoms with Crippen molar-refractivity contribution in [1.82, 2.24) is 9.55 Å². The van der Waals surface area contributed by atoms with Gasteiger partial charge in [-0.3, -0.25) is 0 Å². The number of nitrogens with two attached hydrogens (primary N) is 1. The number of hydrogen-bond donors (Lipinski definition) is 1. The predicted octanol–water partition coefficient (Wildman–Crippen LogP) is 5.28. The molecule has 2 N–H and O–H groups in total. The molecule has 0 saturated carbocycles. The van der Waals surface area contributed by atoms with Crippen molar-refractivity contribution < 1.29 is 0 Å². The zero-order chi connectivity index (χ0) is 18.2. The van der Waals surface area contributed by atoms with Crippen LogP contribution < -0.4 is 5.73 Å². The van der Waals surface area contributed by atoms with Gasteiger partial charge in [0.05, 0.1) is 12.0 Å². The Morgan fingerprint density at radius 2 is 2.16 bits per heavy atom. The second kappa shape index (κ2) is 9.40. The Bertz CT molecular complexity index is 663. The van der Waals surface area contributed by atoms with Crippen LogP contribution in [-0.4, -0.2) is 15.8 Å². The van der Waals surface area contributed by atoms with Gasteiger partial charge in [0.15, 0.2) is 0 Å². The Kier molecular flexibility index (Phi) is 7.23. The number of rotatable bonds is 9. The van der Waals surface area contributed by atoms with E-state index in [4.69, 9.17) is 10.7 Å². The fraction of sp³-hybridized carbons (Fsp3) is 0.524. The highest BCUT2D eigenvalue weighted by atomic mass is 15.1. The van der Waals surface area contributed by atoms with Gasteiger partial charge in [0, 0.05) is 30.8 Å². The molecule has 0 spiro atoms. The number of aromatic nitrogens is 2. The Hall–Kier alpha value is -2.10. The summed E-state index contributed by atoms with van der Waals surface area (Å²) >= 11 is 0. The Labute approximate surface area is 152 Å². The molecular weight excluding hydrogens is 308 g/mol. The van der Waals surface area contributed by atoms with E-state index in [0.29, 0.717) is 11.9 Å². The normalized spacial score (nSPS) is 16.8. The van der Waals surface area contributed by atoms with E-state index >= 15 is 0 Å². The quantitative estimate of drug-likeness (QED) is 0.622. The van der Waals surface area contributed by atoms with E-state index in [0.717, 1.165) is 25.0 Å². The summed E-state index contributed by atoms with van der Waals surface area (Å²) in [7, 11) is 0. The molecule has 0 aromatic carbocycles. The molecule has 2 atom stereocenters. The van der Waals surface area contributed by atoms with Gasteiger partial charge in [0.25, 0.3) is 0 Å². The maximum Gasteiger partial charge on any atom is 0.122 e. The van der Waals surface area contributed by atoms with Crippen LogP contribution >= 0.6 is 0 Å². The third kappa shape index (κ3) is 5.45. The molecule has 0 saturated heterocycles. The molecule has 0 aliphatic carbocycles. The van der Waals surface area contributed by atoms with E-state index in [1.807, 2.05) is 18.6 Å². The van der Waals surface area contributed by atoms with E-state index in [9.17, 15) is 0 Å². The fourth-order valence-corrected chi connectivity index (χ4v) is 3.12. The molecular formula is C21H32N4. The van der Waals surface area contributed by atoms with Crippen LogP contribution in [0.5, 0.6) is 0 Å². The third-order valence-corrected chi connectivity index (χ3v) is 4.96. The van der Waals surface area contributed by atoms with Crippen LogP contribution in [0.2, 0.25) is 0 Å². The van der Waals surface area contributed by atoms with E-state index < -0.39 is 0 Å². The summed E-state index contributed by atoms with van der Waals surface area (Å²) < 4.78 is 2.25. The maximum atomic E-state index is 5.79. The average molecular weight is 341 g/mol. The van der Waals surface area contributed by atoms with Crippen molar-refractivity contribution in [2.75, 3.05) is 0 Å². The Balaban J connectivity index is 2.17. The number of imidazole rings is 1. The molecule has 1 aliphatic rings. The highest BCUT2D eigenvalue weighted by Crippen LogP contribution is 2.32. The Morgan fingerprint density at radius 3 is 2.88 bits per heavy atom. The number of hydrogen-bond acceptors (Lipinski definition) is 3. The molecule has 0 fully saturated rings. The van der Waals surface area contributed by atoms with E-state index in [-0.39, 0.29) is 5.92 Å². The fourth-order valence-electron chi connectivity index (χ4n) is 3.12. The lowest BCUT2D eigenvalue weighted by molar-refractivity contribution is 0.484. The van der Waals surface area contributed by atoms with Crippen LogP contribution in [0, 0.1) is 0 Å². The van der Waals surface area contributed by atoms with Gasteiger partial charge in [-0.1, -0.05) is 50.5 Å². The lowest BCUT2D eigenvalue weighted by Gasteiger charge is -2.18. The topological polar surface area (TPSA) is 56.2 Å². The number of nitrogens with zero attached hydrogens (tertiary/aromatic N) is 3. The first-order valence-corrected chi connectivity index (χ1v) is 9.43. The van der Waals surface area contributed by atoms with Crippen LogP contribution in [0.4, 0.5) is 0 Å². The monoisotopic (exact) mass is 340 g/mol. The molecule has 2 unspecified atom stereocenters. The summed E-state index contributed by atoms with van der Waals surface area (Å²) in [5.41, 5.74) is 9.45. The van der Waals surface area contributed by atoms with Gasteiger partial charge in [-0.2, -0.15) is 0 Å². The standard InChI is InChI=1S/C21H32N4/c1-5-7-8-17(4)25-14-20(24-15-25)19(16(3)6-2)13-18-9-10-21(22)23-12-11-18/h9-10,12,14-15,17,19H,3,5-8,11,13,22H2,1-2,4H3. The highest BCUT2D eigenvalue weighted by Gasteiger charge is 2.19. The molecule has 4 heteroatoms. The van der Waals surface area contributed by atoms with Crippen LogP contribution in [0.25, 0.3) is 0 Å². The van der Waals surface area contributed by atoms with E-state index in [1.165, 1.54) is 30.4 Å². The van der Waals surface area contributed by atoms with Crippen LogP contribution in [-0.2, 0) is 0 Å². The number of aliphatic imine (C=N–C) groups is 1. The first kappa shape index (κ1) is 19.2. The lowest BCUT2D eigenvalue weighted by atomic mass is 9.87. The molecule has 4 nitrogen and oxygen atoms in total. The van der Waals surface area contributed by atoms with Crippen LogP contribution in [0.15, 0.2) is 53.2 Å². The van der Waals surface area contributed by atoms with Crippen molar-refractivity contribution in [3.8, 4) is 0 Å². The second-order valence-electron chi connectivity index (χ2n) is 6.94. The number of allylic oxidation sites excluding steroid dienone is 4.